The van der Waals surface area contributed by atoms with Gasteiger partial charge in [0.2, 0.25) is 13.6 Å². The summed E-state index contributed by atoms with van der Waals surface area (Å²) in [6, 6.07) is 0. The van der Waals surface area contributed by atoms with Crippen molar-refractivity contribution in [3.8, 4) is 0 Å². The minimum Gasteiger partial charge on any atom is -0.469 e. The lowest BCUT2D eigenvalue weighted by molar-refractivity contribution is -0.165. The third-order valence-corrected chi connectivity index (χ3v) is 6.30. The summed E-state index contributed by atoms with van der Waals surface area (Å²) >= 11 is 0. The van der Waals surface area contributed by atoms with Crippen molar-refractivity contribution in [2.45, 2.75) is 89.0 Å². The Morgan fingerprint density at radius 1 is 0.462 bits per heavy atom. The van der Waals surface area contributed by atoms with E-state index in [2.05, 4.69) is 41.5 Å². The van der Waals surface area contributed by atoms with Crippen LogP contribution in [0.15, 0.2) is 0 Å². The fourth-order valence-corrected chi connectivity index (χ4v) is 1.81. The van der Waals surface area contributed by atoms with Gasteiger partial charge in [0.25, 0.3) is 20.2 Å². The van der Waals surface area contributed by atoms with E-state index in [1.165, 1.54) is 48.7 Å². The van der Waals surface area contributed by atoms with Gasteiger partial charge in [0, 0.05) is 60.9 Å². The predicted octanol–water partition coefficient (Wildman–Crippen LogP) is 2.65. The maximum absolute atomic E-state index is 10.6. The van der Waals surface area contributed by atoms with Gasteiger partial charge in [-0.3, -0.25) is 33.0 Å². The second kappa shape index (κ2) is 47.6. The van der Waals surface area contributed by atoms with Crippen LogP contribution in [0.4, 0.5) is 0 Å². The quantitative estimate of drug-likeness (QED) is 0.0757. The van der Waals surface area contributed by atoms with Crippen LogP contribution in [0.3, 0.4) is 0 Å². The van der Waals surface area contributed by atoms with Crippen molar-refractivity contribution in [3.05, 3.63) is 0 Å². The standard InChI is InChI=1S/C6H10O4.C5H10O5S.C5H10O3.2C4H8O2.C3H8O3S.C3H8O/c1-3-6(8)10-4-9-5(2)7;1-3-11(7,8)10-4-9-5(2)6;1-3-7-4-8-5(2)6;1-3-4(5)6-2;1-3-6-4(2)5;1-3-7(4,5)6-2;1-3-4-2/h3-4H2,1-2H3;3-4H2,1-2H3;3-4H2,1-2H3;2*3H2,1-2H3;3H2,1-2H3;3H2,1-2H3. The summed E-state index contributed by atoms with van der Waals surface area (Å²) in [5.41, 5.74) is 0. The van der Waals surface area contributed by atoms with Crippen molar-refractivity contribution < 1.29 is 91.9 Å². The first-order chi connectivity index (χ1) is 24.0. The molecule has 0 heterocycles. The third kappa shape index (κ3) is 85.8. The van der Waals surface area contributed by atoms with Crippen molar-refractivity contribution in [3.63, 3.8) is 0 Å². The topological polar surface area (TPSA) is 263 Å². The highest BCUT2D eigenvalue weighted by molar-refractivity contribution is 7.86. The summed E-state index contributed by atoms with van der Waals surface area (Å²) in [5, 5.41) is 0. The van der Waals surface area contributed by atoms with Crippen LogP contribution in [-0.4, -0.2) is 126 Å². The molecule has 52 heavy (non-hydrogen) atoms. The molecule has 0 spiro atoms. The highest BCUT2D eigenvalue weighted by Gasteiger charge is 2.07. The van der Waals surface area contributed by atoms with E-state index < -0.39 is 39.0 Å². The first-order valence-corrected chi connectivity index (χ1v) is 18.7. The molecule has 0 aromatic rings. The van der Waals surface area contributed by atoms with E-state index in [9.17, 15) is 45.6 Å². The SMILES string of the molecule is CCC(=O)OC.CCC(=O)OCOC(C)=O.CCOC.CCOC(C)=O.CCOCOC(C)=O.CCS(=O)(=O)OC.CCS(=O)(=O)OCOC(C)=O. The fraction of sp³-hybridized carbons (Fsp3) is 0.800. The summed E-state index contributed by atoms with van der Waals surface area (Å²) in [6.07, 6.45) is 0.762. The summed E-state index contributed by atoms with van der Waals surface area (Å²) in [4.78, 5) is 60.4. The molecule has 0 aromatic heterocycles. The van der Waals surface area contributed by atoms with E-state index in [0.717, 1.165) is 13.7 Å². The molecule has 0 N–H and O–H groups in total. The molecule has 22 heteroatoms. The molecule has 0 aliphatic heterocycles. The Morgan fingerprint density at radius 3 is 1.06 bits per heavy atom. The van der Waals surface area contributed by atoms with Crippen molar-refractivity contribution in [1.82, 2.24) is 0 Å². The van der Waals surface area contributed by atoms with E-state index in [-0.39, 0.29) is 49.0 Å². The lowest BCUT2D eigenvalue weighted by Crippen LogP contribution is -2.12. The van der Waals surface area contributed by atoms with Crippen LogP contribution in [0.5, 0.6) is 0 Å². The van der Waals surface area contributed by atoms with Gasteiger partial charge in [0.05, 0.1) is 32.3 Å². The van der Waals surface area contributed by atoms with Crippen LogP contribution in [-0.2, 0) is 95.3 Å². The normalized spacial score (nSPS) is 9.27. The van der Waals surface area contributed by atoms with Crippen LogP contribution in [0.1, 0.15) is 89.0 Å². The largest absolute Gasteiger partial charge is 0.469 e. The average molecular weight is 807 g/mol. The monoisotopic (exact) mass is 806 g/mol. The zero-order valence-electron chi connectivity index (χ0n) is 33.1. The Balaban J connectivity index is -0.0000000927. The molecule has 20 nitrogen and oxygen atoms in total. The summed E-state index contributed by atoms with van der Waals surface area (Å²) < 4.78 is 85.0. The number of esters is 6. The maximum Gasteiger partial charge on any atom is 0.308 e. The molecule has 314 valence electrons. The van der Waals surface area contributed by atoms with Crippen molar-refractivity contribution in [2.75, 3.05) is 73.0 Å². The van der Waals surface area contributed by atoms with E-state index in [4.69, 9.17) is 4.74 Å². The Kier molecular flexibility index (Phi) is 58.2. The molecule has 0 bridgehead atoms. The molecule has 0 aliphatic carbocycles. The van der Waals surface area contributed by atoms with Gasteiger partial charge in [-0.15, -0.1) is 0 Å². The first kappa shape index (κ1) is 63.6. The zero-order valence-corrected chi connectivity index (χ0v) is 34.7. The van der Waals surface area contributed by atoms with Gasteiger partial charge in [0.15, 0.2) is 6.79 Å². The van der Waals surface area contributed by atoms with Crippen LogP contribution in [0.25, 0.3) is 0 Å². The molecule has 0 atom stereocenters. The summed E-state index contributed by atoms with van der Waals surface area (Å²) in [7, 11) is -2.44. The van der Waals surface area contributed by atoms with E-state index in [1.807, 2.05) is 13.8 Å². The molecule has 0 saturated carbocycles. The molecule has 0 amide bonds. The summed E-state index contributed by atoms with van der Waals surface area (Å²) in [6.45, 7) is 18.3. The molecule has 0 aromatic carbocycles. The number of rotatable bonds is 15. The van der Waals surface area contributed by atoms with E-state index in [0.29, 0.717) is 26.1 Å². The lowest BCUT2D eigenvalue weighted by Gasteiger charge is -2.01. The highest BCUT2D eigenvalue weighted by atomic mass is 32.2. The minimum atomic E-state index is -3.49. The Morgan fingerprint density at radius 2 is 0.846 bits per heavy atom. The lowest BCUT2D eigenvalue weighted by atomic mass is 10.5. The van der Waals surface area contributed by atoms with Gasteiger partial charge in [-0.1, -0.05) is 13.8 Å². The fourth-order valence-electron chi connectivity index (χ4n) is 1.22. The van der Waals surface area contributed by atoms with E-state index in [1.54, 1.807) is 27.9 Å². The molecule has 0 radical (unpaired) electrons. The predicted molar refractivity (Wildman–Crippen MR) is 187 cm³/mol. The smallest absolute Gasteiger partial charge is 0.308 e. The number of carbonyl (C=O) groups excluding carboxylic acids is 6. The summed E-state index contributed by atoms with van der Waals surface area (Å²) in [5.74, 6) is -2.16. The van der Waals surface area contributed by atoms with Gasteiger partial charge in [-0.25, -0.2) is 4.18 Å². The third-order valence-electron chi connectivity index (χ3n) is 3.92. The molecule has 0 rings (SSSR count). The van der Waals surface area contributed by atoms with Crippen LogP contribution >= 0.6 is 0 Å². The molecular weight excluding hydrogens is 744 g/mol. The number of methoxy groups -OCH3 is 2. The van der Waals surface area contributed by atoms with Crippen molar-refractivity contribution >= 4 is 56.1 Å². The van der Waals surface area contributed by atoms with Crippen molar-refractivity contribution in [2.24, 2.45) is 0 Å². The molecular formula is C30H62O20S2. The Hall–Kier alpha value is -3.44. The van der Waals surface area contributed by atoms with Crippen molar-refractivity contribution in [1.29, 1.82) is 0 Å². The van der Waals surface area contributed by atoms with Gasteiger partial charge in [0.1, 0.15) is 0 Å². The number of ether oxygens (including phenoxy) is 8. The van der Waals surface area contributed by atoms with Gasteiger partial charge < -0.3 is 37.9 Å². The maximum atomic E-state index is 10.6. The molecule has 0 saturated heterocycles. The van der Waals surface area contributed by atoms with E-state index >= 15 is 0 Å². The van der Waals surface area contributed by atoms with Gasteiger partial charge in [-0.05, 0) is 34.6 Å². The molecule has 0 fully saturated rings. The number of carbonyl (C=O) groups is 6. The zero-order chi connectivity index (χ0) is 42.6. The second-order valence-electron chi connectivity index (χ2n) is 8.03. The molecule has 0 aliphatic rings. The number of hydrogen-bond donors (Lipinski definition) is 0. The van der Waals surface area contributed by atoms with Crippen LogP contribution in [0.2, 0.25) is 0 Å². The average Bonchev–Trinajstić information content (AvgIpc) is 3.08. The Labute approximate surface area is 309 Å². The first-order valence-electron chi connectivity index (χ1n) is 15.5. The van der Waals surface area contributed by atoms with Crippen LogP contribution in [0, 0.1) is 0 Å². The van der Waals surface area contributed by atoms with Gasteiger partial charge >= 0.3 is 35.8 Å². The molecule has 0 unspecified atom stereocenters. The van der Waals surface area contributed by atoms with Gasteiger partial charge in [-0.2, -0.15) is 16.8 Å². The number of hydrogen-bond acceptors (Lipinski definition) is 20. The second-order valence-corrected chi connectivity index (χ2v) is 12.0. The Bertz CT molecular complexity index is 1070. The van der Waals surface area contributed by atoms with Crippen LogP contribution < -0.4 is 0 Å². The highest BCUT2D eigenvalue weighted by Crippen LogP contribution is 1.92. The minimum absolute atomic E-state index is 0.0451.